The van der Waals surface area contributed by atoms with Crippen molar-refractivity contribution in [1.29, 1.82) is 0 Å². The molecule has 0 saturated carbocycles. The van der Waals surface area contributed by atoms with Crippen LogP contribution in [0.25, 0.3) is 0 Å². The molecule has 0 bridgehead atoms. The van der Waals surface area contributed by atoms with Gasteiger partial charge in [0.25, 0.3) is 10.0 Å². The third-order valence-electron chi connectivity index (χ3n) is 4.17. The zero-order chi connectivity index (χ0) is 21.6. The summed E-state index contributed by atoms with van der Waals surface area (Å²) in [5.41, 5.74) is 3.33. The quantitative estimate of drug-likeness (QED) is 0.477. The molecule has 0 aliphatic rings. The van der Waals surface area contributed by atoms with Gasteiger partial charge in [-0.05, 0) is 61.0 Å². The molecule has 0 spiro atoms. The fourth-order valence-corrected chi connectivity index (χ4v) is 4.56. The van der Waals surface area contributed by atoms with Gasteiger partial charge in [0.15, 0.2) is 0 Å². The first kappa shape index (κ1) is 22.2. The van der Waals surface area contributed by atoms with E-state index in [2.05, 4.69) is 22.2 Å². The molecule has 0 fully saturated rings. The second kappa shape index (κ2) is 10.0. The standard InChI is InChI=1S/C22H21ClN2O3S2/c1-16-2-4-17(5-3-16)14-29-15-22(26)24-19-10-12-21(13-11-19)30(27,28)25-20-8-6-18(23)7-9-20/h2-13,25H,14-15H2,1H3,(H,24,26). The van der Waals surface area contributed by atoms with Gasteiger partial charge in [-0.3, -0.25) is 9.52 Å². The summed E-state index contributed by atoms with van der Waals surface area (Å²) in [5, 5.41) is 3.31. The van der Waals surface area contributed by atoms with E-state index < -0.39 is 10.0 Å². The SMILES string of the molecule is Cc1ccc(CSCC(=O)Nc2ccc(S(=O)(=O)Nc3ccc(Cl)cc3)cc2)cc1. The van der Waals surface area contributed by atoms with E-state index in [1.54, 1.807) is 36.4 Å². The first-order valence-corrected chi connectivity index (χ1v) is 12.1. The predicted octanol–water partition coefficient (Wildman–Crippen LogP) is 5.32. The molecular formula is C22H21ClN2O3S2. The highest BCUT2D eigenvalue weighted by Gasteiger charge is 2.14. The van der Waals surface area contributed by atoms with Gasteiger partial charge in [-0.1, -0.05) is 41.4 Å². The lowest BCUT2D eigenvalue weighted by atomic mass is 10.2. The molecule has 0 heterocycles. The Hall–Kier alpha value is -2.48. The van der Waals surface area contributed by atoms with Gasteiger partial charge in [-0.25, -0.2) is 8.42 Å². The number of sulfonamides is 1. The fraction of sp³-hybridized carbons (Fsp3) is 0.136. The number of amides is 1. The summed E-state index contributed by atoms with van der Waals surface area (Å²) in [4.78, 5) is 12.2. The highest BCUT2D eigenvalue weighted by molar-refractivity contribution is 7.99. The smallest absolute Gasteiger partial charge is 0.261 e. The van der Waals surface area contributed by atoms with E-state index in [9.17, 15) is 13.2 Å². The average molecular weight is 461 g/mol. The Kier molecular flexibility index (Phi) is 7.42. The highest BCUT2D eigenvalue weighted by atomic mass is 35.5. The van der Waals surface area contributed by atoms with Crippen LogP contribution in [0.3, 0.4) is 0 Å². The highest BCUT2D eigenvalue weighted by Crippen LogP contribution is 2.20. The van der Waals surface area contributed by atoms with Crippen molar-refractivity contribution in [1.82, 2.24) is 0 Å². The number of rotatable bonds is 8. The van der Waals surface area contributed by atoms with E-state index in [0.29, 0.717) is 22.2 Å². The molecule has 0 unspecified atom stereocenters. The number of hydrogen-bond acceptors (Lipinski definition) is 4. The number of halogens is 1. The van der Waals surface area contributed by atoms with Gasteiger partial charge >= 0.3 is 0 Å². The van der Waals surface area contributed by atoms with E-state index in [1.807, 2.05) is 19.1 Å². The monoisotopic (exact) mass is 460 g/mol. The normalized spacial score (nSPS) is 11.1. The van der Waals surface area contributed by atoms with Gasteiger partial charge in [0.05, 0.1) is 10.6 Å². The first-order chi connectivity index (χ1) is 14.3. The molecular weight excluding hydrogens is 440 g/mol. The Bertz CT molecular complexity index is 1100. The van der Waals surface area contributed by atoms with Crippen molar-refractivity contribution >= 4 is 50.7 Å². The van der Waals surface area contributed by atoms with Crippen molar-refractivity contribution in [3.8, 4) is 0 Å². The Morgan fingerprint density at radius 1 is 0.900 bits per heavy atom. The Morgan fingerprint density at radius 3 is 2.13 bits per heavy atom. The second-order valence-electron chi connectivity index (χ2n) is 6.66. The van der Waals surface area contributed by atoms with Gasteiger partial charge in [0.2, 0.25) is 5.91 Å². The number of thioether (sulfide) groups is 1. The molecule has 8 heteroatoms. The molecule has 0 aliphatic carbocycles. The van der Waals surface area contributed by atoms with Crippen LogP contribution in [-0.4, -0.2) is 20.1 Å². The topological polar surface area (TPSA) is 75.3 Å². The van der Waals surface area contributed by atoms with Crippen LogP contribution in [0.1, 0.15) is 11.1 Å². The van der Waals surface area contributed by atoms with Crippen molar-refractivity contribution in [2.45, 2.75) is 17.6 Å². The first-order valence-electron chi connectivity index (χ1n) is 9.13. The minimum atomic E-state index is -3.73. The maximum Gasteiger partial charge on any atom is 0.261 e. The van der Waals surface area contributed by atoms with E-state index in [1.165, 1.54) is 35.0 Å². The Balaban J connectivity index is 1.52. The maximum atomic E-state index is 12.5. The molecule has 3 aromatic carbocycles. The van der Waals surface area contributed by atoms with Crippen LogP contribution in [0.4, 0.5) is 11.4 Å². The van der Waals surface area contributed by atoms with Gasteiger partial charge in [-0.15, -0.1) is 11.8 Å². The number of carbonyl (C=O) groups is 1. The molecule has 5 nitrogen and oxygen atoms in total. The summed E-state index contributed by atoms with van der Waals surface area (Å²) in [5.74, 6) is 0.926. The van der Waals surface area contributed by atoms with Crippen LogP contribution >= 0.6 is 23.4 Å². The van der Waals surface area contributed by atoms with Gasteiger partial charge in [-0.2, -0.15) is 0 Å². The molecule has 1 amide bonds. The minimum Gasteiger partial charge on any atom is -0.325 e. The van der Waals surface area contributed by atoms with Crippen molar-refractivity contribution in [2.75, 3.05) is 15.8 Å². The summed E-state index contributed by atoms with van der Waals surface area (Å²) >= 11 is 7.34. The largest absolute Gasteiger partial charge is 0.325 e. The lowest BCUT2D eigenvalue weighted by molar-refractivity contribution is -0.113. The third-order valence-corrected chi connectivity index (χ3v) is 6.82. The molecule has 0 saturated heterocycles. The van der Waals surface area contributed by atoms with Crippen LogP contribution in [-0.2, 0) is 20.6 Å². The van der Waals surface area contributed by atoms with Crippen LogP contribution in [0.5, 0.6) is 0 Å². The molecule has 0 radical (unpaired) electrons. The van der Waals surface area contributed by atoms with Crippen molar-refractivity contribution < 1.29 is 13.2 Å². The minimum absolute atomic E-state index is 0.101. The van der Waals surface area contributed by atoms with Crippen LogP contribution in [0.2, 0.25) is 5.02 Å². The van der Waals surface area contributed by atoms with Crippen molar-refractivity contribution in [3.05, 3.63) is 88.9 Å². The molecule has 0 aliphatic heterocycles. The maximum absolute atomic E-state index is 12.5. The van der Waals surface area contributed by atoms with Gasteiger partial charge in [0, 0.05) is 22.2 Å². The number of hydrogen-bond donors (Lipinski definition) is 2. The fourth-order valence-electron chi connectivity index (χ4n) is 2.59. The molecule has 30 heavy (non-hydrogen) atoms. The molecule has 0 aromatic heterocycles. The summed E-state index contributed by atoms with van der Waals surface area (Å²) in [6.07, 6.45) is 0. The van der Waals surface area contributed by atoms with Gasteiger partial charge in [0.1, 0.15) is 0 Å². The molecule has 3 aromatic rings. The number of aryl methyl sites for hydroxylation is 1. The van der Waals surface area contributed by atoms with E-state index in [4.69, 9.17) is 11.6 Å². The summed E-state index contributed by atoms with van der Waals surface area (Å²) in [6, 6.07) is 20.6. The number of carbonyl (C=O) groups excluding carboxylic acids is 1. The zero-order valence-electron chi connectivity index (χ0n) is 16.3. The average Bonchev–Trinajstić information content (AvgIpc) is 2.71. The van der Waals surface area contributed by atoms with Crippen molar-refractivity contribution in [3.63, 3.8) is 0 Å². The van der Waals surface area contributed by atoms with Crippen LogP contribution < -0.4 is 10.0 Å². The molecule has 156 valence electrons. The summed E-state index contributed by atoms with van der Waals surface area (Å²) in [6.45, 7) is 2.04. The number of benzene rings is 3. The third kappa shape index (κ3) is 6.52. The molecule has 0 atom stereocenters. The van der Waals surface area contributed by atoms with Crippen LogP contribution in [0, 0.1) is 6.92 Å². The van der Waals surface area contributed by atoms with Gasteiger partial charge < -0.3 is 5.32 Å². The van der Waals surface area contributed by atoms with Crippen molar-refractivity contribution in [2.24, 2.45) is 0 Å². The lowest BCUT2D eigenvalue weighted by Gasteiger charge is -2.10. The lowest BCUT2D eigenvalue weighted by Crippen LogP contribution is -2.15. The molecule has 2 N–H and O–H groups in total. The number of nitrogens with one attached hydrogen (secondary N) is 2. The van der Waals surface area contributed by atoms with Crippen LogP contribution in [0.15, 0.2) is 77.7 Å². The molecule has 3 rings (SSSR count). The second-order valence-corrected chi connectivity index (χ2v) is 9.77. The number of anilines is 2. The van der Waals surface area contributed by atoms with E-state index >= 15 is 0 Å². The summed E-state index contributed by atoms with van der Waals surface area (Å²) < 4.78 is 27.5. The summed E-state index contributed by atoms with van der Waals surface area (Å²) in [7, 11) is -3.73. The van der Waals surface area contributed by atoms with E-state index in [-0.39, 0.29) is 10.8 Å². The Labute approximate surface area is 185 Å². The Morgan fingerprint density at radius 2 is 1.50 bits per heavy atom. The zero-order valence-corrected chi connectivity index (χ0v) is 18.7. The van der Waals surface area contributed by atoms with E-state index in [0.717, 1.165) is 5.75 Å². The predicted molar refractivity (Wildman–Crippen MR) is 125 cm³/mol.